The largest absolute Gasteiger partial charge is 0.492 e. The van der Waals surface area contributed by atoms with Gasteiger partial charge in [0.2, 0.25) is 11.8 Å². The van der Waals surface area contributed by atoms with E-state index in [9.17, 15) is 22.4 Å². The molecule has 0 aliphatic carbocycles. The molecule has 0 aliphatic heterocycles. The molecule has 8 nitrogen and oxygen atoms in total. The van der Waals surface area contributed by atoms with Crippen LogP contribution in [0.2, 0.25) is 0 Å². The highest BCUT2D eigenvalue weighted by Gasteiger charge is 2.34. The van der Waals surface area contributed by atoms with Crippen LogP contribution >= 0.6 is 11.8 Å². The lowest BCUT2D eigenvalue weighted by atomic mass is 10.1. The molecule has 0 bridgehead atoms. The first-order chi connectivity index (χ1) is 19.5. The van der Waals surface area contributed by atoms with E-state index >= 15 is 0 Å². The minimum absolute atomic E-state index is 0.0133. The maximum absolute atomic E-state index is 14.7. The number of carbonyl (C=O) groups is 2. The first-order valence-electron chi connectivity index (χ1n) is 13.2. The molecule has 0 fully saturated rings. The lowest BCUT2D eigenvalue weighted by Gasteiger charge is -2.32. The molecule has 0 saturated carbocycles. The van der Waals surface area contributed by atoms with Crippen molar-refractivity contribution in [3.63, 3.8) is 0 Å². The van der Waals surface area contributed by atoms with Gasteiger partial charge in [-0.2, -0.15) is 0 Å². The summed E-state index contributed by atoms with van der Waals surface area (Å²) in [6, 6.07) is 17.6. The van der Waals surface area contributed by atoms with E-state index in [0.717, 1.165) is 9.20 Å². The van der Waals surface area contributed by atoms with Crippen molar-refractivity contribution in [1.82, 2.24) is 10.2 Å². The Labute approximate surface area is 245 Å². The van der Waals surface area contributed by atoms with Gasteiger partial charge in [0.25, 0.3) is 10.0 Å². The summed E-state index contributed by atoms with van der Waals surface area (Å²) in [5.41, 5.74) is 0.364. The van der Waals surface area contributed by atoms with Crippen LogP contribution in [0.4, 0.5) is 10.1 Å². The topological polar surface area (TPSA) is 96.0 Å². The Kier molecular flexibility index (Phi) is 11.2. The van der Waals surface area contributed by atoms with Crippen LogP contribution < -0.4 is 14.4 Å². The standard InChI is InChI=1S/C30H36FN3O5S2/c1-6-39-28-14-10-9-13-27(28)34(41(37,38)25-17-15-24(40-5)16-18-25)20-29(35)33(22(4)30(36)32-21(2)3)19-23-11-7-8-12-26(23)31/h7-18,21-22H,6,19-20H2,1-5H3,(H,32,36)/t22-/m0/s1. The molecule has 0 aliphatic rings. The number of sulfonamides is 1. The number of nitrogens with zero attached hydrogens (tertiary/aromatic N) is 2. The molecular weight excluding hydrogens is 565 g/mol. The van der Waals surface area contributed by atoms with Crippen LogP contribution in [0.25, 0.3) is 0 Å². The van der Waals surface area contributed by atoms with E-state index in [4.69, 9.17) is 4.74 Å². The van der Waals surface area contributed by atoms with E-state index in [1.54, 1.807) is 63.2 Å². The number of anilines is 1. The third-order valence-corrected chi connectivity index (χ3v) is 8.77. The number of nitrogens with one attached hydrogen (secondary N) is 1. The Morgan fingerprint density at radius 1 is 0.976 bits per heavy atom. The van der Waals surface area contributed by atoms with Gasteiger partial charge >= 0.3 is 0 Å². The van der Waals surface area contributed by atoms with Crippen LogP contribution in [0.3, 0.4) is 0 Å². The fourth-order valence-electron chi connectivity index (χ4n) is 4.13. The van der Waals surface area contributed by atoms with Crippen LogP contribution in [-0.2, 0) is 26.2 Å². The molecule has 3 aromatic rings. The minimum Gasteiger partial charge on any atom is -0.492 e. The Bertz CT molecular complexity index is 1450. The fraction of sp³-hybridized carbons (Fsp3) is 0.333. The predicted molar refractivity (Wildman–Crippen MR) is 160 cm³/mol. The number of rotatable bonds is 13. The molecule has 0 heterocycles. The molecular formula is C30H36FN3O5S2. The van der Waals surface area contributed by atoms with Crippen LogP contribution in [0, 0.1) is 5.82 Å². The molecule has 3 rings (SSSR count). The molecule has 0 saturated heterocycles. The zero-order valence-corrected chi connectivity index (χ0v) is 25.5. The van der Waals surface area contributed by atoms with Crippen molar-refractivity contribution in [2.24, 2.45) is 0 Å². The van der Waals surface area contributed by atoms with E-state index < -0.39 is 40.2 Å². The van der Waals surface area contributed by atoms with Crippen molar-refractivity contribution < 1.29 is 27.1 Å². The third kappa shape index (κ3) is 8.01. The van der Waals surface area contributed by atoms with Gasteiger partial charge in [0, 0.05) is 23.0 Å². The predicted octanol–water partition coefficient (Wildman–Crippen LogP) is 5.08. The van der Waals surface area contributed by atoms with Gasteiger partial charge in [0.15, 0.2) is 0 Å². The number of ether oxygens (including phenoxy) is 1. The number of hydrogen-bond donors (Lipinski definition) is 1. The number of hydrogen-bond acceptors (Lipinski definition) is 6. The zero-order chi connectivity index (χ0) is 30.2. The Morgan fingerprint density at radius 2 is 1.61 bits per heavy atom. The number of halogens is 1. The maximum atomic E-state index is 14.7. The molecule has 11 heteroatoms. The van der Waals surface area contributed by atoms with E-state index in [1.807, 2.05) is 6.26 Å². The van der Waals surface area contributed by atoms with Gasteiger partial charge in [-0.25, -0.2) is 12.8 Å². The molecule has 220 valence electrons. The van der Waals surface area contributed by atoms with Crippen molar-refractivity contribution in [3.8, 4) is 5.75 Å². The Balaban J connectivity index is 2.10. The van der Waals surface area contributed by atoms with E-state index in [2.05, 4.69) is 5.32 Å². The highest BCUT2D eigenvalue weighted by atomic mass is 32.2. The molecule has 1 atom stereocenters. The van der Waals surface area contributed by atoms with Crippen molar-refractivity contribution >= 4 is 39.3 Å². The second-order valence-electron chi connectivity index (χ2n) is 9.54. The van der Waals surface area contributed by atoms with Crippen LogP contribution in [0.5, 0.6) is 5.75 Å². The minimum atomic E-state index is -4.27. The van der Waals surface area contributed by atoms with Gasteiger partial charge in [-0.3, -0.25) is 13.9 Å². The van der Waals surface area contributed by atoms with E-state index in [1.165, 1.54) is 53.9 Å². The highest BCUT2D eigenvalue weighted by molar-refractivity contribution is 7.98. The van der Waals surface area contributed by atoms with E-state index in [-0.39, 0.29) is 41.1 Å². The Morgan fingerprint density at radius 3 is 2.22 bits per heavy atom. The second kappa shape index (κ2) is 14.4. The molecule has 1 N–H and O–H groups in total. The van der Waals surface area contributed by atoms with Gasteiger partial charge in [0.1, 0.15) is 24.2 Å². The summed E-state index contributed by atoms with van der Waals surface area (Å²) in [5, 5.41) is 2.78. The average Bonchev–Trinajstić information content (AvgIpc) is 2.95. The molecule has 41 heavy (non-hydrogen) atoms. The summed E-state index contributed by atoms with van der Waals surface area (Å²) in [6.45, 7) is 6.26. The van der Waals surface area contributed by atoms with Crippen molar-refractivity contribution in [1.29, 1.82) is 0 Å². The summed E-state index contributed by atoms with van der Waals surface area (Å²) >= 11 is 1.47. The van der Waals surface area contributed by atoms with Gasteiger partial charge in [0.05, 0.1) is 17.2 Å². The molecule has 0 radical (unpaired) electrons. The first kappa shape index (κ1) is 32.0. The normalized spacial score (nSPS) is 12.1. The molecule has 0 unspecified atom stereocenters. The molecule has 0 aromatic heterocycles. The fourth-order valence-corrected chi connectivity index (χ4v) is 5.96. The maximum Gasteiger partial charge on any atom is 0.264 e. The van der Waals surface area contributed by atoms with Gasteiger partial charge in [-0.15, -0.1) is 11.8 Å². The smallest absolute Gasteiger partial charge is 0.264 e. The monoisotopic (exact) mass is 601 g/mol. The van der Waals surface area contributed by atoms with Gasteiger partial charge in [-0.05, 0) is 76.4 Å². The van der Waals surface area contributed by atoms with Gasteiger partial charge < -0.3 is 15.0 Å². The van der Waals surface area contributed by atoms with E-state index in [0.29, 0.717) is 0 Å². The number of carbonyl (C=O) groups excluding carboxylic acids is 2. The van der Waals surface area contributed by atoms with Crippen LogP contribution in [-0.4, -0.2) is 56.6 Å². The van der Waals surface area contributed by atoms with Crippen LogP contribution in [0.1, 0.15) is 33.3 Å². The van der Waals surface area contributed by atoms with Crippen molar-refractivity contribution in [3.05, 3.63) is 84.2 Å². The molecule has 3 aromatic carbocycles. The number of benzene rings is 3. The van der Waals surface area contributed by atoms with Crippen LogP contribution in [0.15, 0.2) is 82.6 Å². The quantitative estimate of drug-likeness (QED) is 0.275. The number of amides is 2. The lowest BCUT2D eigenvalue weighted by molar-refractivity contribution is -0.139. The summed E-state index contributed by atoms with van der Waals surface area (Å²) < 4.78 is 49.5. The summed E-state index contributed by atoms with van der Waals surface area (Å²) in [7, 11) is -4.27. The molecule has 2 amide bonds. The summed E-state index contributed by atoms with van der Waals surface area (Å²) in [5.74, 6) is -1.39. The number of para-hydroxylation sites is 2. The summed E-state index contributed by atoms with van der Waals surface area (Å²) in [6.07, 6.45) is 1.88. The third-order valence-electron chi connectivity index (χ3n) is 6.26. The first-order valence-corrected chi connectivity index (χ1v) is 15.9. The Hall–Kier alpha value is -3.57. The molecule has 0 spiro atoms. The SMILES string of the molecule is CCOc1ccccc1N(CC(=O)N(Cc1ccccc1F)[C@@H](C)C(=O)NC(C)C)S(=O)(=O)c1ccc(SC)cc1. The zero-order valence-electron chi connectivity index (χ0n) is 23.8. The average molecular weight is 602 g/mol. The van der Waals surface area contributed by atoms with Gasteiger partial charge in [-0.1, -0.05) is 30.3 Å². The van der Waals surface area contributed by atoms with Crippen molar-refractivity contribution in [2.45, 2.75) is 56.1 Å². The lowest BCUT2D eigenvalue weighted by Crippen LogP contribution is -2.52. The second-order valence-corrected chi connectivity index (χ2v) is 12.3. The summed E-state index contributed by atoms with van der Waals surface area (Å²) in [4.78, 5) is 29.0. The highest BCUT2D eigenvalue weighted by Crippen LogP contribution is 2.33. The number of thioether (sulfide) groups is 1. The van der Waals surface area contributed by atoms with Crippen molar-refractivity contribution in [2.75, 3.05) is 23.7 Å².